The van der Waals surface area contributed by atoms with E-state index in [1.807, 2.05) is 0 Å². The lowest BCUT2D eigenvalue weighted by molar-refractivity contribution is 0.628. The molecule has 23 heavy (non-hydrogen) atoms. The summed E-state index contributed by atoms with van der Waals surface area (Å²) in [7, 11) is 0. The van der Waals surface area contributed by atoms with Gasteiger partial charge in [-0.1, -0.05) is 35.1 Å². The predicted octanol–water partition coefficient (Wildman–Crippen LogP) is 4.45. The zero-order valence-corrected chi connectivity index (χ0v) is 12.9. The molecule has 0 saturated carbocycles. The lowest BCUT2D eigenvalue weighted by Gasteiger charge is -1.99. The zero-order chi connectivity index (χ0) is 16.0. The molecule has 114 valence electrons. The summed E-state index contributed by atoms with van der Waals surface area (Å²) in [5, 5.41) is 13.0. The van der Waals surface area contributed by atoms with E-state index in [9.17, 15) is 8.78 Å². The van der Waals surface area contributed by atoms with Gasteiger partial charge in [0.2, 0.25) is 4.96 Å². The molecule has 0 aliphatic heterocycles. The van der Waals surface area contributed by atoms with Crippen LogP contribution in [0, 0.1) is 11.6 Å². The summed E-state index contributed by atoms with van der Waals surface area (Å²) < 4.78 is 28.7. The monoisotopic (exact) mass is 348 g/mol. The van der Waals surface area contributed by atoms with E-state index >= 15 is 0 Å². The van der Waals surface area contributed by atoms with Crippen molar-refractivity contribution in [3.8, 4) is 22.0 Å². The van der Waals surface area contributed by atoms with Crippen LogP contribution >= 0.6 is 22.9 Å². The fraction of sp³-hybridized carbons (Fsp3) is 0. The van der Waals surface area contributed by atoms with Crippen molar-refractivity contribution in [2.45, 2.75) is 0 Å². The van der Waals surface area contributed by atoms with Gasteiger partial charge in [0.25, 0.3) is 0 Å². The quantitative estimate of drug-likeness (QED) is 0.537. The third kappa shape index (κ3) is 2.38. The Morgan fingerprint density at radius 2 is 1.83 bits per heavy atom. The molecule has 0 atom stereocenters. The molecule has 4 rings (SSSR count). The number of nitrogens with zero attached hydrogens (tertiary/aromatic N) is 4. The van der Waals surface area contributed by atoms with Crippen molar-refractivity contribution >= 4 is 27.9 Å². The minimum Gasteiger partial charge on any atom is -0.206 e. The molecular formula is C15H7ClF2N4S. The lowest BCUT2D eigenvalue weighted by atomic mass is 10.2. The fourth-order valence-electron chi connectivity index (χ4n) is 2.17. The Balaban J connectivity index is 1.86. The minimum absolute atomic E-state index is 0.0165. The van der Waals surface area contributed by atoms with Crippen LogP contribution in [0.3, 0.4) is 0 Å². The van der Waals surface area contributed by atoms with E-state index in [1.165, 1.54) is 34.1 Å². The smallest absolute Gasteiger partial charge is 0.206 e. The molecule has 0 aliphatic rings. The molecule has 2 aromatic carbocycles. The summed E-state index contributed by atoms with van der Waals surface area (Å²) in [4.78, 5) is 0.513. The largest absolute Gasteiger partial charge is 0.235 e. The molecule has 4 aromatic rings. The standard InChI is InChI=1S/C15H7ClF2N4S/c16-10-7-8(5-6-12(10)18)14-21-22-13(19-20-15(22)23-14)9-3-1-2-4-11(9)17/h1-7H. The SMILES string of the molecule is Fc1ccc(-c2nn3c(-c4ccccc4F)nnc3s2)cc1Cl. The number of fused-ring (bicyclic) bond motifs is 1. The van der Waals surface area contributed by atoms with Crippen molar-refractivity contribution in [1.29, 1.82) is 0 Å². The molecule has 4 nitrogen and oxygen atoms in total. The van der Waals surface area contributed by atoms with Crippen LogP contribution in [0.4, 0.5) is 8.78 Å². The minimum atomic E-state index is -0.495. The fourth-order valence-corrected chi connectivity index (χ4v) is 3.19. The number of halogens is 3. The van der Waals surface area contributed by atoms with Gasteiger partial charge in [0.1, 0.15) is 16.6 Å². The Hall–Kier alpha value is -2.38. The van der Waals surface area contributed by atoms with Crippen molar-refractivity contribution in [3.63, 3.8) is 0 Å². The molecule has 0 aliphatic carbocycles. The van der Waals surface area contributed by atoms with Crippen molar-refractivity contribution in [3.05, 3.63) is 59.1 Å². The van der Waals surface area contributed by atoms with Crippen LogP contribution in [0.1, 0.15) is 0 Å². The van der Waals surface area contributed by atoms with Crippen molar-refractivity contribution in [1.82, 2.24) is 19.8 Å². The van der Waals surface area contributed by atoms with Gasteiger partial charge in [-0.3, -0.25) is 0 Å². The number of aromatic nitrogens is 4. The molecule has 0 N–H and O–H groups in total. The van der Waals surface area contributed by atoms with E-state index in [1.54, 1.807) is 24.3 Å². The highest BCUT2D eigenvalue weighted by atomic mass is 35.5. The molecule has 0 saturated heterocycles. The Kier molecular flexibility index (Phi) is 3.32. The first-order valence-corrected chi connectivity index (χ1v) is 7.75. The van der Waals surface area contributed by atoms with Crippen LogP contribution in [0.15, 0.2) is 42.5 Å². The summed E-state index contributed by atoms with van der Waals surface area (Å²) in [5.74, 6) is -0.583. The van der Waals surface area contributed by atoms with E-state index in [2.05, 4.69) is 15.3 Å². The van der Waals surface area contributed by atoms with Gasteiger partial charge in [-0.05, 0) is 30.3 Å². The van der Waals surface area contributed by atoms with Crippen molar-refractivity contribution in [2.75, 3.05) is 0 Å². The van der Waals surface area contributed by atoms with Gasteiger partial charge in [-0.2, -0.15) is 9.61 Å². The van der Waals surface area contributed by atoms with E-state index in [-0.39, 0.29) is 5.02 Å². The highest BCUT2D eigenvalue weighted by molar-refractivity contribution is 7.19. The maximum atomic E-state index is 13.9. The average molecular weight is 349 g/mol. The topological polar surface area (TPSA) is 43.1 Å². The van der Waals surface area contributed by atoms with Gasteiger partial charge in [0, 0.05) is 5.56 Å². The van der Waals surface area contributed by atoms with Gasteiger partial charge in [0.05, 0.1) is 10.6 Å². The van der Waals surface area contributed by atoms with Crippen LogP contribution in [-0.4, -0.2) is 19.8 Å². The summed E-state index contributed by atoms with van der Waals surface area (Å²) in [6, 6.07) is 10.6. The Morgan fingerprint density at radius 1 is 1.00 bits per heavy atom. The molecule has 0 fully saturated rings. The first-order chi connectivity index (χ1) is 11.1. The van der Waals surface area contributed by atoms with Crippen LogP contribution < -0.4 is 0 Å². The Morgan fingerprint density at radius 3 is 2.61 bits per heavy atom. The van der Waals surface area contributed by atoms with Crippen molar-refractivity contribution in [2.24, 2.45) is 0 Å². The van der Waals surface area contributed by atoms with Crippen LogP contribution in [0.25, 0.3) is 26.9 Å². The first-order valence-electron chi connectivity index (χ1n) is 6.56. The van der Waals surface area contributed by atoms with E-state index in [0.29, 0.717) is 26.9 Å². The lowest BCUT2D eigenvalue weighted by Crippen LogP contribution is -1.93. The van der Waals surface area contributed by atoms with Crippen LogP contribution in [-0.2, 0) is 0 Å². The Labute approximate surface area is 138 Å². The molecule has 0 radical (unpaired) electrons. The zero-order valence-electron chi connectivity index (χ0n) is 11.4. The van der Waals surface area contributed by atoms with Gasteiger partial charge in [0.15, 0.2) is 5.82 Å². The first kappa shape index (κ1) is 14.2. The highest BCUT2D eigenvalue weighted by Crippen LogP contribution is 2.30. The maximum Gasteiger partial charge on any atom is 0.235 e. The summed E-state index contributed by atoms with van der Waals surface area (Å²) >= 11 is 7.06. The predicted molar refractivity (Wildman–Crippen MR) is 84.5 cm³/mol. The molecule has 0 bridgehead atoms. The molecule has 0 spiro atoms. The molecule has 0 amide bonds. The average Bonchev–Trinajstić information content (AvgIpc) is 3.11. The number of rotatable bonds is 2. The molecule has 8 heteroatoms. The van der Waals surface area contributed by atoms with Gasteiger partial charge >= 0.3 is 0 Å². The highest BCUT2D eigenvalue weighted by Gasteiger charge is 2.17. The van der Waals surface area contributed by atoms with E-state index in [4.69, 9.17) is 11.6 Å². The van der Waals surface area contributed by atoms with Crippen molar-refractivity contribution < 1.29 is 8.78 Å². The van der Waals surface area contributed by atoms with Gasteiger partial charge in [-0.15, -0.1) is 10.2 Å². The van der Waals surface area contributed by atoms with E-state index < -0.39 is 11.6 Å². The molecule has 2 aromatic heterocycles. The van der Waals surface area contributed by atoms with Gasteiger partial charge in [-0.25, -0.2) is 8.78 Å². The van der Waals surface area contributed by atoms with Crippen LogP contribution in [0.2, 0.25) is 5.02 Å². The molecule has 2 heterocycles. The Bertz CT molecular complexity index is 1030. The third-order valence-corrected chi connectivity index (χ3v) is 4.51. The molecular weight excluding hydrogens is 342 g/mol. The maximum absolute atomic E-state index is 13.9. The molecule has 0 unspecified atom stereocenters. The second-order valence-corrected chi connectivity index (χ2v) is 6.10. The summed E-state index contributed by atoms with van der Waals surface area (Å²) in [5.41, 5.74) is 0.973. The normalized spacial score (nSPS) is 11.3. The van der Waals surface area contributed by atoms with Crippen LogP contribution in [0.5, 0.6) is 0 Å². The summed E-state index contributed by atoms with van der Waals surface area (Å²) in [6.07, 6.45) is 0. The van der Waals surface area contributed by atoms with Gasteiger partial charge < -0.3 is 0 Å². The number of benzene rings is 2. The number of hydrogen-bond donors (Lipinski definition) is 0. The second-order valence-electron chi connectivity index (χ2n) is 4.73. The van der Waals surface area contributed by atoms with E-state index in [0.717, 1.165) is 0 Å². The second kappa shape index (κ2) is 5.36. The number of hydrogen-bond acceptors (Lipinski definition) is 4. The summed E-state index contributed by atoms with van der Waals surface area (Å²) in [6.45, 7) is 0. The third-order valence-electron chi connectivity index (χ3n) is 3.27.